The van der Waals surface area contributed by atoms with E-state index in [0.29, 0.717) is 12.8 Å². The van der Waals surface area contributed by atoms with E-state index in [9.17, 15) is 5.11 Å². The maximum atomic E-state index is 11.0. The molecule has 2 aromatic carbocycles. The predicted molar refractivity (Wildman–Crippen MR) is 86.2 cm³/mol. The van der Waals surface area contributed by atoms with Crippen molar-refractivity contribution < 1.29 is 5.11 Å². The summed E-state index contributed by atoms with van der Waals surface area (Å²) in [7, 11) is 0. The zero-order valence-electron chi connectivity index (χ0n) is 11.5. The molecule has 0 amide bonds. The molecule has 0 aliphatic rings. The Morgan fingerprint density at radius 3 is 2.45 bits per heavy atom. The van der Waals surface area contributed by atoms with Gasteiger partial charge in [-0.05, 0) is 34.4 Å². The maximum Gasteiger partial charge on any atom is 0.0934 e. The highest BCUT2D eigenvalue weighted by molar-refractivity contribution is 7.17. The molecule has 1 unspecified atom stereocenters. The first-order chi connectivity index (χ1) is 9.73. The first-order valence-corrected chi connectivity index (χ1v) is 7.84. The van der Waals surface area contributed by atoms with Crippen LogP contribution in [-0.4, -0.2) is 5.11 Å². The lowest BCUT2D eigenvalue weighted by Crippen LogP contribution is -2.27. The third-order valence-electron chi connectivity index (χ3n) is 3.94. The van der Waals surface area contributed by atoms with Crippen LogP contribution in [0.4, 0.5) is 0 Å². The summed E-state index contributed by atoms with van der Waals surface area (Å²) >= 11 is 1.75. The number of fused-ring (bicyclic) bond motifs is 1. The van der Waals surface area contributed by atoms with Crippen LogP contribution in [0, 0.1) is 0 Å². The summed E-state index contributed by atoms with van der Waals surface area (Å²) in [5.41, 5.74) is 1.45. The molecule has 2 heteroatoms. The molecular weight excluding hydrogens is 264 g/mol. The van der Waals surface area contributed by atoms with Gasteiger partial charge in [0.2, 0.25) is 0 Å². The molecule has 0 bridgehead atoms. The standard InChI is InChI=1S/C18H18OS/c1-2-18(19,15-8-4-3-5-9-15)12-14-13-20-17-11-7-6-10-16(14)17/h3-11,13,19H,2,12H2,1H3. The Morgan fingerprint density at radius 1 is 1.00 bits per heavy atom. The molecule has 3 rings (SSSR count). The Hall–Kier alpha value is -1.64. The third-order valence-corrected chi connectivity index (χ3v) is 4.95. The van der Waals surface area contributed by atoms with Crippen molar-refractivity contribution in [2.75, 3.05) is 0 Å². The van der Waals surface area contributed by atoms with Gasteiger partial charge in [0, 0.05) is 11.1 Å². The van der Waals surface area contributed by atoms with E-state index in [1.807, 2.05) is 37.3 Å². The van der Waals surface area contributed by atoms with Gasteiger partial charge in [-0.25, -0.2) is 0 Å². The van der Waals surface area contributed by atoms with Gasteiger partial charge in [0.15, 0.2) is 0 Å². The summed E-state index contributed by atoms with van der Waals surface area (Å²) in [6, 6.07) is 18.4. The Bertz CT molecular complexity index is 702. The van der Waals surface area contributed by atoms with E-state index in [4.69, 9.17) is 0 Å². The van der Waals surface area contributed by atoms with Crippen LogP contribution in [0.25, 0.3) is 10.1 Å². The number of rotatable bonds is 4. The average Bonchev–Trinajstić information content (AvgIpc) is 2.91. The largest absolute Gasteiger partial charge is 0.385 e. The minimum Gasteiger partial charge on any atom is -0.385 e. The Labute approximate surface area is 123 Å². The molecule has 1 N–H and O–H groups in total. The van der Waals surface area contributed by atoms with Crippen molar-refractivity contribution in [2.24, 2.45) is 0 Å². The lowest BCUT2D eigenvalue weighted by Gasteiger charge is -2.27. The van der Waals surface area contributed by atoms with Gasteiger partial charge >= 0.3 is 0 Å². The van der Waals surface area contributed by atoms with E-state index in [1.54, 1.807) is 11.3 Å². The molecule has 0 saturated carbocycles. The van der Waals surface area contributed by atoms with Crippen LogP contribution >= 0.6 is 11.3 Å². The first-order valence-electron chi connectivity index (χ1n) is 6.96. The number of hydrogen-bond acceptors (Lipinski definition) is 2. The van der Waals surface area contributed by atoms with Gasteiger partial charge in [0.05, 0.1) is 5.60 Å². The van der Waals surface area contributed by atoms with Gasteiger partial charge in [-0.3, -0.25) is 0 Å². The van der Waals surface area contributed by atoms with Crippen molar-refractivity contribution in [1.82, 2.24) is 0 Å². The summed E-state index contributed by atoms with van der Waals surface area (Å²) in [6.45, 7) is 2.04. The second-order valence-electron chi connectivity index (χ2n) is 5.19. The fraction of sp³-hybridized carbons (Fsp3) is 0.222. The van der Waals surface area contributed by atoms with Crippen molar-refractivity contribution in [3.63, 3.8) is 0 Å². The molecule has 20 heavy (non-hydrogen) atoms. The highest BCUT2D eigenvalue weighted by Crippen LogP contribution is 2.34. The molecule has 1 aromatic heterocycles. The zero-order valence-corrected chi connectivity index (χ0v) is 12.4. The lowest BCUT2D eigenvalue weighted by atomic mass is 9.85. The highest BCUT2D eigenvalue weighted by atomic mass is 32.1. The molecule has 0 aliphatic carbocycles. The van der Waals surface area contributed by atoms with Crippen LogP contribution < -0.4 is 0 Å². The van der Waals surface area contributed by atoms with Crippen LogP contribution in [0.3, 0.4) is 0 Å². The van der Waals surface area contributed by atoms with Gasteiger partial charge in [-0.1, -0.05) is 55.5 Å². The van der Waals surface area contributed by atoms with Crippen molar-refractivity contribution >= 4 is 21.4 Å². The molecule has 0 aliphatic heterocycles. The monoisotopic (exact) mass is 282 g/mol. The van der Waals surface area contributed by atoms with Gasteiger partial charge in [0.1, 0.15) is 0 Å². The molecule has 1 atom stereocenters. The second kappa shape index (κ2) is 5.39. The molecule has 0 spiro atoms. The fourth-order valence-corrected chi connectivity index (χ4v) is 3.63. The molecule has 0 fully saturated rings. The molecule has 3 aromatic rings. The molecule has 102 valence electrons. The van der Waals surface area contributed by atoms with Crippen molar-refractivity contribution in [1.29, 1.82) is 0 Å². The van der Waals surface area contributed by atoms with Crippen LogP contribution in [-0.2, 0) is 12.0 Å². The molecule has 1 heterocycles. The minimum absolute atomic E-state index is 0.664. The van der Waals surface area contributed by atoms with Crippen LogP contribution in [0.1, 0.15) is 24.5 Å². The summed E-state index contributed by atoms with van der Waals surface area (Å²) in [4.78, 5) is 0. The second-order valence-corrected chi connectivity index (χ2v) is 6.10. The minimum atomic E-state index is -0.787. The van der Waals surface area contributed by atoms with Crippen LogP contribution in [0.15, 0.2) is 60.0 Å². The molecule has 1 nitrogen and oxygen atoms in total. The highest BCUT2D eigenvalue weighted by Gasteiger charge is 2.28. The number of hydrogen-bond donors (Lipinski definition) is 1. The first kappa shape index (κ1) is 13.3. The maximum absolute atomic E-state index is 11.0. The van der Waals surface area contributed by atoms with Gasteiger partial charge in [0.25, 0.3) is 0 Å². The molecule has 0 saturated heterocycles. The van der Waals surface area contributed by atoms with Gasteiger partial charge in [-0.2, -0.15) is 0 Å². The van der Waals surface area contributed by atoms with E-state index in [2.05, 4.69) is 29.6 Å². The van der Waals surface area contributed by atoms with E-state index in [0.717, 1.165) is 5.56 Å². The summed E-state index contributed by atoms with van der Waals surface area (Å²) in [5, 5.41) is 14.5. The zero-order chi connectivity index (χ0) is 14.0. The van der Waals surface area contributed by atoms with Gasteiger partial charge < -0.3 is 5.11 Å². The van der Waals surface area contributed by atoms with Crippen molar-refractivity contribution in [3.05, 3.63) is 71.1 Å². The normalized spacial score (nSPS) is 14.3. The van der Waals surface area contributed by atoms with Crippen molar-refractivity contribution in [2.45, 2.75) is 25.4 Å². The van der Waals surface area contributed by atoms with Crippen LogP contribution in [0.2, 0.25) is 0 Å². The predicted octanol–water partition coefficient (Wildman–Crippen LogP) is 4.74. The van der Waals surface area contributed by atoms with E-state index in [-0.39, 0.29) is 0 Å². The summed E-state index contributed by atoms with van der Waals surface area (Å²) < 4.78 is 1.29. The Morgan fingerprint density at radius 2 is 1.70 bits per heavy atom. The SMILES string of the molecule is CCC(O)(Cc1csc2ccccc12)c1ccccc1. The number of aliphatic hydroxyl groups is 1. The smallest absolute Gasteiger partial charge is 0.0934 e. The van der Waals surface area contributed by atoms with E-state index in [1.165, 1.54) is 15.6 Å². The van der Waals surface area contributed by atoms with Crippen LogP contribution in [0.5, 0.6) is 0 Å². The fourth-order valence-electron chi connectivity index (χ4n) is 2.66. The van der Waals surface area contributed by atoms with Gasteiger partial charge in [-0.15, -0.1) is 11.3 Å². The number of benzene rings is 2. The summed E-state index contributed by atoms with van der Waals surface area (Å²) in [5.74, 6) is 0. The van der Waals surface area contributed by atoms with Crippen molar-refractivity contribution in [3.8, 4) is 0 Å². The molecular formula is C18H18OS. The quantitative estimate of drug-likeness (QED) is 0.732. The van der Waals surface area contributed by atoms with E-state index >= 15 is 0 Å². The third kappa shape index (κ3) is 2.37. The number of thiophene rings is 1. The topological polar surface area (TPSA) is 20.2 Å². The Kier molecular flexibility index (Phi) is 3.60. The Balaban J connectivity index is 1.99. The van der Waals surface area contributed by atoms with E-state index < -0.39 is 5.60 Å². The average molecular weight is 282 g/mol. The lowest BCUT2D eigenvalue weighted by molar-refractivity contribution is 0.0331. The summed E-state index contributed by atoms with van der Waals surface area (Å²) in [6.07, 6.45) is 1.37. The molecule has 0 radical (unpaired) electrons.